The summed E-state index contributed by atoms with van der Waals surface area (Å²) >= 11 is 0. The molecule has 17 heavy (non-hydrogen) atoms. The van der Waals surface area contributed by atoms with Crippen molar-refractivity contribution in [1.82, 2.24) is 0 Å². The van der Waals surface area contributed by atoms with Crippen LogP contribution in [0, 0.1) is 0 Å². The molecule has 0 fully saturated rings. The van der Waals surface area contributed by atoms with Gasteiger partial charge in [0.1, 0.15) is 0 Å². The third kappa shape index (κ3) is 22.7. The Morgan fingerprint density at radius 2 is 1.47 bits per heavy atom. The first-order chi connectivity index (χ1) is 6.93. The van der Waals surface area contributed by atoms with Gasteiger partial charge in [0, 0.05) is 10.4 Å². The van der Waals surface area contributed by atoms with Crippen molar-refractivity contribution in [2.75, 3.05) is 0 Å². The summed E-state index contributed by atoms with van der Waals surface area (Å²) in [6.45, 7) is 2.23. The molecule has 0 radical (unpaired) electrons. The molecule has 0 saturated heterocycles. The molecule has 0 amide bonds. The van der Waals surface area contributed by atoms with Crippen molar-refractivity contribution in [2.24, 2.45) is 0 Å². The fourth-order valence-corrected chi connectivity index (χ4v) is 1.03. The topological polar surface area (TPSA) is 80.3 Å². The van der Waals surface area contributed by atoms with Crippen LogP contribution in [0.5, 0.6) is 0 Å². The maximum absolute atomic E-state index is 8.52. The summed E-state index contributed by atoms with van der Waals surface area (Å²) in [5, 5.41) is 0. The Kier molecular flexibility index (Phi) is 18.5. The second kappa shape index (κ2) is 13.5. The molecule has 0 saturated carbocycles. The predicted molar refractivity (Wildman–Crippen MR) is 55.5 cm³/mol. The summed E-state index contributed by atoms with van der Waals surface area (Å²) in [4.78, 5) is 0. The first kappa shape index (κ1) is 23.2. The largest absolute Gasteiger partial charge is 1.00 e. The molecule has 0 bridgehead atoms. The van der Waals surface area contributed by atoms with Crippen molar-refractivity contribution >= 4 is 10.4 Å². The monoisotopic (exact) mass is 276 g/mol. The van der Waals surface area contributed by atoms with Crippen LogP contribution in [-0.2, 0) is 16.8 Å². The van der Waals surface area contributed by atoms with Gasteiger partial charge in [-0.25, -0.2) is 0 Å². The molecule has 0 aliphatic carbocycles. The van der Waals surface area contributed by atoms with E-state index in [-0.39, 0.29) is 59.1 Å². The molecule has 86 valence electrons. The fourth-order valence-electron chi connectivity index (χ4n) is 1.03. The molecular formula is C10H14Na2O4S. The zero-order valence-electron chi connectivity index (χ0n) is 10.5. The Hall–Kier alpha value is 1.09. The summed E-state index contributed by atoms with van der Waals surface area (Å²) in [5.74, 6) is 0. The van der Waals surface area contributed by atoms with E-state index in [9.17, 15) is 0 Å². The Bertz CT molecular complexity index is 346. The van der Waals surface area contributed by atoms with E-state index in [4.69, 9.17) is 17.5 Å². The summed E-state index contributed by atoms with van der Waals surface area (Å²) in [5.41, 5.74) is 1.46. The minimum absolute atomic E-state index is 0. The Morgan fingerprint density at radius 1 is 1.06 bits per heavy atom. The van der Waals surface area contributed by atoms with Gasteiger partial charge in [0.15, 0.2) is 0 Å². The first-order valence-electron chi connectivity index (χ1n) is 4.64. The molecule has 0 atom stereocenters. The van der Waals surface area contributed by atoms with Crippen LogP contribution in [0.4, 0.5) is 0 Å². The third-order valence-electron chi connectivity index (χ3n) is 1.66. The molecule has 1 aromatic carbocycles. The molecule has 7 heteroatoms. The average Bonchev–Trinajstić information content (AvgIpc) is 2.14. The van der Waals surface area contributed by atoms with Crippen LogP contribution >= 0.6 is 0 Å². The van der Waals surface area contributed by atoms with Gasteiger partial charge in [0.2, 0.25) is 0 Å². The van der Waals surface area contributed by atoms with Gasteiger partial charge in [-0.2, -0.15) is 0 Å². The van der Waals surface area contributed by atoms with Crippen LogP contribution < -0.4 is 59.1 Å². The van der Waals surface area contributed by atoms with Gasteiger partial charge in [0.25, 0.3) is 0 Å². The molecule has 1 aromatic rings. The molecule has 0 aromatic heterocycles. The minimum atomic E-state index is -5.17. The van der Waals surface area contributed by atoms with Crippen LogP contribution in [-0.4, -0.2) is 17.5 Å². The smallest absolute Gasteiger partial charge is 0.759 e. The summed E-state index contributed by atoms with van der Waals surface area (Å²) in [6.07, 6.45) is 3.83. The fraction of sp³-hybridized carbons (Fsp3) is 0.400. The van der Waals surface area contributed by atoms with E-state index in [1.54, 1.807) is 0 Å². The maximum atomic E-state index is 8.52. The second-order valence-electron chi connectivity index (χ2n) is 3.00. The van der Waals surface area contributed by atoms with Crippen molar-refractivity contribution in [3.63, 3.8) is 0 Å². The zero-order valence-corrected chi connectivity index (χ0v) is 15.4. The summed E-state index contributed by atoms with van der Waals surface area (Å²) in [6, 6.07) is 10.6. The van der Waals surface area contributed by atoms with Crippen LogP contribution in [0.2, 0.25) is 0 Å². The van der Waals surface area contributed by atoms with Crippen molar-refractivity contribution in [3.8, 4) is 0 Å². The van der Waals surface area contributed by atoms with Crippen molar-refractivity contribution in [2.45, 2.75) is 26.2 Å². The molecular weight excluding hydrogens is 262 g/mol. The number of hydrogen-bond donors (Lipinski definition) is 0. The molecule has 0 heterocycles. The molecule has 0 N–H and O–H groups in total. The summed E-state index contributed by atoms with van der Waals surface area (Å²) in [7, 11) is -5.17. The molecule has 0 aliphatic heterocycles. The van der Waals surface area contributed by atoms with Gasteiger partial charge in [0.05, 0.1) is 0 Å². The van der Waals surface area contributed by atoms with E-state index in [0.29, 0.717) is 0 Å². The van der Waals surface area contributed by atoms with Crippen LogP contribution in [0.1, 0.15) is 25.3 Å². The van der Waals surface area contributed by atoms with Gasteiger partial charge in [-0.15, -0.1) is 0 Å². The molecule has 4 nitrogen and oxygen atoms in total. The van der Waals surface area contributed by atoms with Gasteiger partial charge in [-0.1, -0.05) is 43.7 Å². The number of rotatable bonds is 3. The molecule has 1 rings (SSSR count). The normalized spacial score (nSPS) is 9.12. The van der Waals surface area contributed by atoms with Crippen molar-refractivity contribution in [3.05, 3.63) is 35.9 Å². The van der Waals surface area contributed by atoms with Gasteiger partial charge < -0.3 is 9.11 Å². The predicted octanol–water partition coefficient (Wildman–Crippen LogP) is -4.30. The number of aryl methyl sites for hydroxylation is 1. The van der Waals surface area contributed by atoms with Gasteiger partial charge in [-0.05, 0) is 18.4 Å². The van der Waals surface area contributed by atoms with Crippen LogP contribution in [0.3, 0.4) is 0 Å². The van der Waals surface area contributed by atoms with E-state index < -0.39 is 10.4 Å². The standard InChI is InChI=1S/C10H14.2Na.H2O4S/c1-2-3-7-10-8-5-4-6-9-10;;;1-5(2,3)4/h4-6,8-9H,2-3,7H2,1H3;;;(H2,1,2,3,4)/q;2*+1;/p-2. The van der Waals surface area contributed by atoms with Gasteiger partial charge >= 0.3 is 59.1 Å². The van der Waals surface area contributed by atoms with E-state index in [1.165, 1.54) is 24.8 Å². The zero-order chi connectivity index (χ0) is 11.7. The van der Waals surface area contributed by atoms with E-state index in [2.05, 4.69) is 37.3 Å². The average molecular weight is 276 g/mol. The molecule has 0 unspecified atom stereocenters. The van der Waals surface area contributed by atoms with Crippen LogP contribution in [0.15, 0.2) is 30.3 Å². The SMILES string of the molecule is CCCCc1ccccc1.O=S(=O)([O-])[O-].[Na+].[Na+]. The quantitative estimate of drug-likeness (QED) is 0.318. The van der Waals surface area contributed by atoms with Crippen molar-refractivity contribution < 1.29 is 76.6 Å². The number of hydrogen-bond acceptors (Lipinski definition) is 4. The maximum Gasteiger partial charge on any atom is 1.00 e. The Labute approximate surface area is 147 Å². The number of benzene rings is 1. The second-order valence-corrected chi connectivity index (χ2v) is 3.81. The Balaban J connectivity index is -0.000000247. The van der Waals surface area contributed by atoms with E-state index >= 15 is 0 Å². The molecule has 0 aliphatic rings. The molecule has 0 spiro atoms. The Morgan fingerprint density at radius 3 is 1.82 bits per heavy atom. The first-order valence-corrected chi connectivity index (χ1v) is 5.97. The van der Waals surface area contributed by atoms with Crippen molar-refractivity contribution in [1.29, 1.82) is 0 Å². The number of unbranched alkanes of at least 4 members (excludes halogenated alkanes) is 1. The minimum Gasteiger partial charge on any atom is -0.759 e. The van der Waals surface area contributed by atoms with E-state index in [0.717, 1.165) is 0 Å². The van der Waals surface area contributed by atoms with Crippen LogP contribution in [0.25, 0.3) is 0 Å². The van der Waals surface area contributed by atoms with E-state index in [1.807, 2.05) is 0 Å². The summed E-state index contributed by atoms with van der Waals surface area (Å²) < 4.78 is 34.1. The third-order valence-corrected chi connectivity index (χ3v) is 1.66. The van der Waals surface area contributed by atoms with Gasteiger partial charge in [-0.3, -0.25) is 8.42 Å².